The van der Waals surface area contributed by atoms with E-state index in [0.717, 1.165) is 56.0 Å². The molecule has 36 heavy (non-hydrogen) atoms. The zero-order valence-electron chi connectivity index (χ0n) is 19.9. The third kappa shape index (κ3) is 3.81. The molecule has 0 unspecified atom stereocenters. The normalized spacial score (nSPS) is 14.2. The number of hydrogen-bond acceptors (Lipinski definition) is 6. The molecule has 1 aliphatic rings. The fourth-order valence-corrected chi connectivity index (χ4v) is 4.85. The van der Waals surface area contributed by atoms with Crippen molar-refractivity contribution in [1.29, 1.82) is 0 Å². The van der Waals surface area contributed by atoms with Crippen LogP contribution < -0.4 is 10.5 Å². The van der Waals surface area contributed by atoms with Crippen molar-refractivity contribution >= 4 is 22.2 Å². The Bertz CT molecular complexity index is 1670. The second-order valence-corrected chi connectivity index (χ2v) is 8.76. The van der Waals surface area contributed by atoms with Crippen molar-refractivity contribution in [3.05, 3.63) is 111 Å². The molecule has 0 bridgehead atoms. The Morgan fingerprint density at radius 1 is 1.08 bits per heavy atom. The van der Waals surface area contributed by atoms with Gasteiger partial charge >= 0.3 is 5.76 Å². The molecule has 0 atom stereocenters. The van der Waals surface area contributed by atoms with E-state index in [1.54, 1.807) is 7.11 Å². The van der Waals surface area contributed by atoms with E-state index in [2.05, 4.69) is 39.0 Å². The Labute approximate surface area is 206 Å². The van der Waals surface area contributed by atoms with E-state index in [-0.39, 0.29) is 0 Å². The van der Waals surface area contributed by atoms with Gasteiger partial charge in [0.2, 0.25) is 0 Å². The number of methoxy groups -OCH3 is 1. The lowest BCUT2D eigenvalue weighted by Crippen LogP contribution is -2.07. The smallest absolute Gasteiger partial charge is 0.439 e. The first-order valence-electron chi connectivity index (χ1n) is 11.7. The zero-order valence-corrected chi connectivity index (χ0v) is 19.9. The molecule has 8 nitrogen and oxygen atoms in total. The highest BCUT2D eigenvalue weighted by Gasteiger charge is 2.23. The third-order valence-electron chi connectivity index (χ3n) is 6.50. The highest BCUT2D eigenvalue weighted by molar-refractivity contribution is 5.99. The van der Waals surface area contributed by atoms with Crippen molar-refractivity contribution in [2.24, 2.45) is 0 Å². The van der Waals surface area contributed by atoms with E-state index < -0.39 is 5.76 Å². The number of nitrogens with one attached hydrogen (secondary N) is 1. The minimum Gasteiger partial charge on any atom is -0.488 e. The molecule has 3 aromatic carbocycles. The number of H-pyrrole nitrogens is 1. The summed E-state index contributed by atoms with van der Waals surface area (Å²) in [5.41, 5.74) is 7.89. The molecule has 0 saturated heterocycles. The largest absolute Gasteiger partial charge is 0.488 e. The second kappa shape index (κ2) is 8.98. The molecule has 3 heterocycles. The molecular weight excluding hydrogens is 456 g/mol. The Kier molecular flexibility index (Phi) is 5.50. The molecule has 0 radical (unpaired) electrons. The number of para-hydroxylation sites is 3. The SMILES string of the molecule is COCc1nc2ccccc2n1Cc1ccc2c(c1)COc1ccccc1/C2=C(\C)c1noc(=O)[nH]1. The predicted molar refractivity (Wildman–Crippen MR) is 135 cm³/mol. The lowest BCUT2D eigenvalue weighted by molar-refractivity contribution is 0.175. The predicted octanol–water partition coefficient (Wildman–Crippen LogP) is 4.78. The molecule has 0 fully saturated rings. The quantitative estimate of drug-likeness (QED) is 0.389. The van der Waals surface area contributed by atoms with Crippen molar-refractivity contribution < 1.29 is 14.0 Å². The zero-order chi connectivity index (χ0) is 24.6. The maximum absolute atomic E-state index is 11.7. The fourth-order valence-electron chi connectivity index (χ4n) is 4.85. The van der Waals surface area contributed by atoms with Crippen LogP contribution in [0, 0.1) is 0 Å². The summed E-state index contributed by atoms with van der Waals surface area (Å²) in [5.74, 6) is 1.47. The van der Waals surface area contributed by atoms with Gasteiger partial charge in [0.05, 0.1) is 11.0 Å². The number of fused-ring (bicyclic) bond motifs is 3. The van der Waals surface area contributed by atoms with Gasteiger partial charge in [-0.3, -0.25) is 9.51 Å². The standard InChI is InChI=1S/C28H24N4O4/c1-17(27-30-28(33)36-31-27)26-20-12-11-18(13-19(20)15-35-24-10-6-3-7-21(24)26)14-32-23-9-5-4-8-22(23)29-25(32)16-34-2/h3-13H,14-16H2,1-2H3,(H,30,31,33)/b26-17+. The first-order chi connectivity index (χ1) is 17.6. The maximum atomic E-state index is 11.7. The highest BCUT2D eigenvalue weighted by Crippen LogP contribution is 2.40. The van der Waals surface area contributed by atoms with Gasteiger partial charge < -0.3 is 14.0 Å². The minimum absolute atomic E-state index is 0.399. The summed E-state index contributed by atoms with van der Waals surface area (Å²) in [6.07, 6.45) is 0. The van der Waals surface area contributed by atoms with E-state index in [4.69, 9.17) is 19.0 Å². The number of aromatic nitrogens is 4. The molecular formula is C28H24N4O4. The van der Waals surface area contributed by atoms with Crippen molar-refractivity contribution in [1.82, 2.24) is 19.7 Å². The number of hydrogen-bond donors (Lipinski definition) is 1. The molecule has 0 amide bonds. The molecule has 2 aromatic heterocycles. The van der Waals surface area contributed by atoms with Crippen LogP contribution in [0.25, 0.3) is 22.2 Å². The number of rotatable bonds is 5. The molecule has 5 aromatic rings. The Balaban J connectivity index is 1.47. The van der Waals surface area contributed by atoms with Crippen LogP contribution in [0.2, 0.25) is 0 Å². The molecule has 0 aliphatic carbocycles. The fraction of sp³-hybridized carbons (Fsp3) is 0.179. The molecule has 1 aliphatic heterocycles. The third-order valence-corrected chi connectivity index (χ3v) is 6.50. The summed E-state index contributed by atoms with van der Waals surface area (Å²) < 4.78 is 18.6. The molecule has 8 heteroatoms. The summed E-state index contributed by atoms with van der Waals surface area (Å²) in [6, 6.07) is 22.4. The van der Waals surface area contributed by atoms with Gasteiger partial charge in [0.25, 0.3) is 0 Å². The van der Waals surface area contributed by atoms with Crippen LogP contribution in [0.4, 0.5) is 0 Å². The molecule has 1 N–H and O–H groups in total. The molecule has 180 valence electrons. The maximum Gasteiger partial charge on any atom is 0.439 e. The monoisotopic (exact) mass is 480 g/mol. The Hall–Kier alpha value is -4.43. The molecule has 0 saturated carbocycles. The van der Waals surface area contributed by atoms with Gasteiger partial charge in [-0.2, -0.15) is 0 Å². The summed E-state index contributed by atoms with van der Waals surface area (Å²) in [5, 5.41) is 3.93. The first kappa shape index (κ1) is 22.1. The van der Waals surface area contributed by atoms with Gasteiger partial charge in [-0.1, -0.05) is 47.6 Å². The Morgan fingerprint density at radius 2 is 1.92 bits per heavy atom. The van der Waals surface area contributed by atoms with E-state index >= 15 is 0 Å². The van der Waals surface area contributed by atoms with Crippen molar-refractivity contribution in [3.63, 3.8) is 0 Å². The van der Waals surface area contributed by atoms with Crippen LogP contribution in [0.3, 0.4) is 0 Å². The number of nitrogens with zero attached hydrogens (tertiary/aromatic N) is 3. The lowest BCUT2D eigenvalue weighted by Gasteiger charge is -2.15. The molecule has 0 spiro atoms. The van der Waals surface area contributed by atoms with Crippen LogP contribution >= 0.6 is 0 Å². The van der Waals surface area contributed by atoms with Crippen LogP contribution in [0.1, 0.15) is 40.8 Å². The Morgan fingerprint density at radius 3 is 2.75 bits per heavy atom. The van der Waals surface area contributed by atoms with Crippen LogP contribution in [0.5, 0.6) is 5.75 Å². The minimum atomic E-state index is -0.585. The van der Waals surface area contributed by atoms with Gasteiger partial charge in [-0.15, -0.1) is 0 Å². The van der Waals surface area contributed by atoms with Crippen LogP contribution in [-0.2, 0) is 24.5 Å². The number of ether oxygens (including phenoxy) is 2. The average Bonchev–Trinajstić information content (AvgIpc) is 3.43. The summed E-state index contributed by atoms with van der Waals surface area (Å²) >= 11 is 0. The van der Waals surface area contributed by atoms with E-state index in [9.17, 15) is 4.79 Å². The van der Waals surface area contributed by atoms with E-state index in [1.165, 1.54) is 0 Å². The van der Waals surface area contributed by atoms with E-state index in [0.29, 0.717) is 25.6 Å². The van der Waals surface area contributed by atoms with Crippen molar-refractivity contribution in [3.8, 4) is 5.75 Å². The summed E-state index contributed by atoms with van der Waals surface area (Å²) in [7, 11) is 1.68. The van der Waals surface area contributed by atoms with Crippen LogP contribution in [-0.4, -0.2) is 26.8 Å². The number of aromatic amines is 1. The summed E-state index contributed by atoms with van der Waals surface area (Å²) in [4.78, 5) is 19.1. The van der Waals surface area contributed by atoms with Crippen LogP contribution in [0.15, 0.2) is 76.0 Å². The molecule has 6 rings (SSSR count). The summed E-state index contributed by atoms with van der Waals surface area (Å²) in [6.45, 7) is 3.42. The topological polar surface area (TPSA) is 95.2 Å². The number of allylic oxidation sites excluding steroid dienone is 1. The van der Waals surface area contributed by atoms with Gasteiger partial charge in [-0.05, 0) is 53.5 Å². The lowest BCUT2D eigenvalue weighted by atomic mass is 9.89. The van der Waals surface area contributed by atoms with Gasteiger partial charge in [0.15, 0.2) is 5.82 Å². The first-order valence-corrected chi connectivity index (χ1v) is 11.7. The highest BCUT2D eigenvalue weighted by atomic mass is 16.5. The van der Waals surface area contributed by atoms with E-state index in [1.807, 2.05) is 49.4 Å². The second-order valence-electron chi connectivity index (χ2n) is 8.76. The van der Waals surface area contributed by atoms with Crippen molar-refractivity contribution in [2.45, 2.75) is 26.7 Å². The average molecular weight is 481 g/mol. The van der Waals surface area contributed by atoms with Gasteiger partial charge in [-0.25, -0.2) is 9.78 Å². The van der Waals surface area contributed by atoms with Crippen molar-refractivity contribution in [2.75, 3.05) is 7.11 Å². The van der Waals surface area contributed by atoms with Gasteiger partial charge in [0.1, 0.15) is 24.8 Å². The number of benzene rings is 3. The number of imidazole rings is 1. The van der Waals surface area contributed by atoms with Gasteiger partial charge in [0, 0.05) is 24.8 Å².